The molecule has 0 spiro atoms. The van der Waals surface area contributed by atoms with Gasteiger partial charge in [-0.3, -0.25) is 14.5 Å². The molecule has 1 aliphatic heterocycles. The molecule has 0 radical (unpaired) electrons. The Kier molecular flexibility index (Phi) is 7.63. The zero-order chi connectivity index (χ0) is 24.1. The van der Waals surface area contributed by atoms with E-state index in [-0.39, 0.29) is 25.0 Å². The van der Waals surface area contributed by atoms with Crippen LogP contribution in [0.15, 0.2) is 36.4 Å². The van der Waals surface area contributed by atoms with Crippen LogP contribution in [0.5, 0.6) is 0 Å². The van der Waals surface area contributed by atoms with E-state index in [0.29, 0.717) is 31.7 Å². The van der Waals surface area contributed by atoms with Crippen molar-refractivity contribution in [2.75, 3.05) is 44.6 Å². The molecule has 2 amide bonds. The number of nitrogens with zero attached hydrogens (tertiary/aromatic N) is 2. The Balaban J connectivity index is 1.21. The monoisotopic (exact) mass is 463 g/mol. The van der Waals surface area contributed by atoms with Crippen molar-refractivity contribution in [3.05, 3.63) is 64.2 Å². The van der Waals surface area contributed by atoms with E-state index in [9.17, 15) is 14.4 Å². The Morgan fingerprint density at radius 1 is 0.912 bits per heavy atom. The zero-order valence-electron chi connectivity index (χ0n) is 20.1. The van der Waals surface area contributed by atoms with Crippen LogP contribution in [0, 0.1) is 13.8 Å². The van der Waals surface area contributed by atoms with Crippen molar-refractivity contribution in [1.82, 2.24) is 9.80 Å². The molecule has 1 aliphatic carbocycles. The van der Waals surface area contributed by atoms with Crippen molar-refractivity contribution in [1.29, 1.82) is 0 Å². The Bertz CT molecular complexity index is 1050. The molecule has 0 saturated carbocycles. The minimum absolute atomic E-state index is 0.0591. The van der Waals surface area contributed by atoms with E-state index in [4.69, 9.17) is 4.74 Å². The predicted octanol–water partition coefficient (Wildman–Crippen LogP) is 3.12. The number of hydrogen-bond donors (Lipinski definition) is 1. The lowest BCUT2D eigenvalue weighted by Crippen LogP contribution is -2.51. The summed E-state index contributed by atoms with van der Waals surface area (Å²) in [7, 11) is 0. The molecule has 2 aromatic rings. The van der Waals surface area contributed by atoms with Crippen LogP contribution in [0.1, 0.15) is 45.5 Å². The largest absolute Gasteiger partial charge is 0.452 e. The molecule has 1 N–H and O–H groups in total. The second-order valence-electron chi connectivity index (χ2n) is 9.24. The summed E-state index contributed by atoms with van der Waals surface area (Å²) in [6, 6.07) is 11.6. The van der Waals surface area contributed by atoms with Crippen molar-refractivity contribution >= 4 is 23.5 Å². The molecule has 0 unspecified atom stereocenters. The average Bonchev–Trinajstić information content (AvgIpc) is 2.85. The zero-order valence-corrected chi connectivity index (χ0v) is 20.1. The average molecular weight is 464 g/mol. The van der Waals surface area contributed by atoms with E-state index in [1.165, 1.54) is 17.5 Å². The van der Waals surface area contributed by atoms with E-state index < -0.39 is 5.97 Å². The maximum atomic E-state index is 12.6. The molecule has 4 rings (SSSR count). The summed E-state index contributed by atoms with van der Waals surface area (Å²) in [6.45, 7) is 6.19. The fraction of sp³-hybridized carbons (Fsp3) is 0.444. The van der Waals surface area contributed by atoms with Gasteiger partial charge in [0.1, 0.15) is 0 Å². The maximum absolute atomic E-state index is 12.6. The van der Waals surface area contributed by atoms with Gasteiger partial charge in [-0.25, -0.2) is 4.79 Å². The summed E-state index contributed by atoms with van der Waals surface area (Å²) in [4.78, 5) is 41.2. The number of amides is 2. The minimum Gasteiger partial charge on any atom is -0.452 e. The lowest BCUT2D eigenvalue weighted by atomic mass is 9.90. The van der Waals surface area contributed by atoms with Gasteiger partial charge in [-0.05, 0) is 73.9 Å². The molecule has 1 fully saturated rings. The number of para-hydroxylation sites is 1. The van der Waals surface area contributed by atoms with E-state index in [1.54, 1.807) is 11.0 Å². The van der Waals surface area contributed by atoms with E-state index in [2.05, 4.69) is 5.32 Å². The molecule has 2 aliphatic rings. The van der Waals surface area contributed by atoms with Gasteiger partial charge < -0.3 is 15.0 Å². The third-order valence-corrected chi connectivity index (χ3v) is 6.75. The number of carbonyl (C=O) groups is 3. The van der Waals surface area contributed by atoms with Crippen LogP contribution < -0.4 is 5.32 Å². The highest BCUT2D eigenvalue weighted by molar-refractivity contribution is 5.94. The van der Waals surface area contributed by atoms with E-state index in [1.807, 2.05) is 49.1 Å². The summed E-state index contributed by atoms with van der Waals surface area (Å²) >= 11 is 0. The van der Waals surface area contributed by atoms with Gasteiger partial charge in [-0.15, -0.1) is 0 Å². The lowest BCUT2D eigenvalue weighted by molar-refractivity contribution is -0.136. The minimum atomic E-state index is -0.455. The summed E-state index contributed by atoms with van der Waals surface area (Å²) in [5.74, 6) is -0.717. The number of esters is 1. The number of rotatable bonds is 6. The molecule has 0 bridgehead atoms. The van der Waals surface area contributed by atoms with Gasteiger partial charge in [0.15, 0.2) is 6.61 Å². The lowest BCUT2D eigenvalue weighted by Gasteiger charge is -2.34. The topological polar surface area (TPSA) is 79.0 Å². The first-order valence-electron chi connectivity index (χ1n) is 12.1. The van der Waals surface area contributed by atoms with Crippen LogP contribution in [0.25, 0.3) is 0 Å². The van der Waals surface area contributed by atoms with Gasteiger partial charge in [0.05, 0.1) is 12.1 Å². The summed E-state index contributed by atoms with van der Waals surface area (Å²) in [6.07, 6.45) is 4.38. The molecule has 2 aromatic carbocycles. The standard InChI is InChI=1S/C27H33N3O4/c1-19-6-5-7-20(2)26(19)28-24(31)17-29-12-14-30(15-13-29)25(32)18-34-27(33)23-11-10-21-8-3-4-9-22(21)16-23/h5-7,10-11,16H,3-4,8-9,12-15,17-18H2,1-2H3,(H,28,31). The molecular formula is C27H33N3O4. The number of piperazine rings is 1. The van der Waals surface area contributed by atoms with Crippen molar-refractivity contribution in [3.8, 4) is 0 Å². The molecule has 7 heteroatoms. The van der Waals surface area contributed by atoms with Crippen molar-refractivity contribution < 1.29 is 19.1 Å². The SMILES string of the molecule is Cc1cccc(C)c1NC(=O)CN1CCN(C(=O)COC(=O)c2ccc3c(c2)CCCC3)CC1. The molecule has 1 heterocycles. The molecule has 0 atom stereocenters. The Labute approximate surface area is 201 Å². The van der Waals surface area contributed by atoms with Crippen LogP contribution in [0.4, 0.5) is 5.69 Å². The van der Waals surface area contributed by atoms with Gasteiger partial charge in [-0.2, -0.15) is 0 Å². The third kappa shape index (κ3) is 5.83. The first-order chi connectivity index (χ1) is 16.4. The Morgan fingerprint density at radius 3 is 2.29 bits per heavy atom. The second-order valence-corrected chi connectivity index (χ2v) is 9.24. The van der Waals surface area contributed by atoms with E-state index in [0.717, 1.165) is 36.1 Å². The van der Waals surface area contributed by atoms with Gasteiger partial charge in [0, 0.05) is 31.9 Å². The first kappa shape index (κ1) is 24.0. The number of fused-ring (bicyclic) bond motifs is 1. The number of carbonyl (C=O) groups excluding carboxylic acids is 3. The number of benzene rings is 2. The fourth-order valence-corrected chi connectivity index (χ4v) is 4.71. The molecule has 0 aromatic heterocycles. The number of aryl methyl sites for hydroxylation is 4. The number of hydrogen-bond acceptors (Lipinski definition) is 5. The van der Waals surface area contributed by atoms with Crippen LogP contribution >= 0.6 is 0 Å². The quantitative estimate of drug-likeness (QED) is 0.666. The Morgan fingerprint density at radius 2 is 1.59 bits per heavy atom. The van der Waals surface area contributed by atoms with E-state index >= 15 is 0 Å². The first-order valence-corrected chi connectivity index (χ1v) is 12.1. The molecular weight excluding hydrogens is 430 g/mol. The van der Waals surface area contributed by atoms with Crippen molar-refractivity contribution in [2.45, 2.75) is 39.5 Å². The smallest absolute Gasteiger partial charge is 0.338 e. The van der Waals surface area contributed by atoms with Crippen LogP contribution in [0.2, 0.25) is 0 Å². The highest BCUT2D eigenvalue weighted by atomic mass is 16.5. The van der Waals surface area contributed by atoms with Crippen molar-refractivity contribution in [3.63, 3.8) is 0 Å². The van der Waals surface area contributed by atoms with Crippen LogP contribution in [-0.4, -0.2) is 66.9 Å². The van der Waals surface area contributed by atoms with Gasteiger partial charge in [0.25, 0.3) is 5.91 Å². The fourth-order valence-electron chi connectivity index (χ4n) is 4.71. The molecule has 34 heavy (non-hydrogen) atoms. The number of ether oxygens (including phenoxy) is 1. The van der Waals surface area contributed by atoms with Crippen LogP contribution in [0.3, 0.4) is 0 Å². The van der Waals surface area contributed by atoms with Gasteiger partial charge in [-0.1, -0.05) is 24.3 Å². The number of anilines is 1. The second kappa shape index (κ2) is 10.8. The molecule has 1 saturated heterocycles. The van der Waals surface area contributed by atoms with Crippen LogP contribution in [-0.2, 0) is 27.2 Å². The molecule has 7 nitrogen and oxygen atoms in total. The van der Waals surface area contributed by atoms with Gasteiger partial charge in [0.2, 0.25) is 5.91 Å². The van der Waals surface area contributed by atoms with Crippen molar-refractivity contribution in [2.24, 2.45) is 0 Å². The third-order valence-electron chi connectivity index (χ3n) is 6.75. The normalized spacial score (nSPS) is 16.0. The maximum Gasteiger partial charge on any atom is 0.338 e. The van der Waals surface area contributed by atoms with Gasteiger partial charge >= 0.3 is 5.97 Å². The number of nitrogens with one attached hydrogen (secondary N) is 1. The summed E-state index contributed by atoms with van der Waals surface area (Å²) in [5, 5.41) is 3.01. The Hall–Kier alpha value is -3.19. The summed E-state index contributed by atoms with van der Waals surface area (Å²) in [5.41, 5.74) is 5.96. The molecule has 180 valence electrons. The highest BCUT2D eigenvalue weighted by Gasteiger charge is 2.24. The highest BCUT2D eigenvalue weighted by Crippen LogP contribution is 2.23. The predicted molar refractivity (Wildman–Crippen MR) is 131 cm³/mol. The summed E-state index contributed by atoms with van der Waals surface area (Å²) < 4.78 is 5.31.